The lowest BCUT2D eigenvalue weighted by atomic mass is 9.86. The molecule has 0 saturated heterocycles. The first kappa shape index (κ1) is 17.8. The van der Waals surface area contributed by atoms with Crippen LogP contribution in [0.5, 0.6) is 0 Å². The molecule has 23 heavy (non-hydrogen) atoms. The topological polar surface area (TPSA) is 32.3 Å². The van der Waals surface area contributed by atoms with E-state index in [1.165, 1.54) is 37.8 Å². The van der Waals surface area contributed by atoms with Crippen molar-refractivity contribution in [2.24, 2.45) is 5.92 Å². The Hall–Kier alpha value is -1.51. The summed E-state index contributed by atoms with van der Waals surface area (Å²) in [7, 11) is 0. The second-order valence-corrected chi connectivity index (χ2v) is 6.76. The molecule has 3 heteroatoms. The van der Waals surface area contributed by atoms with Crippen molar-refractivity contribution in [3.8, 4) is 0 Å². The lowest BCUT2D eigenvalue weighted by Gasteiger charge is -2.22. The first-order valence-electron chi connectivity index (χ1n) is 9.29. The van der Waals surface area contributed by atoms with Gasteiger partial charge in [0.05, 0.1) is 0 Å². The zero-order chi connectivity index (χ0) is 16.7. The number of amides is 1. The number of carbonyl (C=O) groups is 1. The largest absolute Gasteiger partial charge is 0.372 e. The number of rotatable bonds is 7. The second-order valence-electron chi connectivity index (χ2n) is 6.76. The van der Waals surface area contributed by atoms with Gasteiger partial charge in [-0.1, -0.05) is 32.1 Å². The van der Waals surface area contributed by atoms with Gasteiger partial charge >= 0.3 is 0 Å². The monoisotopic (exact) mass is 316 g/mol. The fourth-order valence-corrected chi connectivity index (χ4v) is 3.60. The van der Waals surface area contributed by atoms with Crippen LogP contribution in [0.1, 0.15) is 64.4 Å². The van der Waals surface area contributed by atoms with E-state index in [0.717, 1.165) is 36.7 Å². The van der Waals surface area contributed by atoms with Gasteiger partial charge in [0.2, 0.25) is 5.91 Å². The number of hydrogen-bond donors (Lipinski definition) is 1. The first-order chi connectivity index (χ1) is 11.1. The Morgan fingerprint density at radius 3 is 2.48 bits per heavy atom. The molecule has 0 heterocycles. The summed E-state index contributed by atoms with van der Waals surface area (Å²) in [5.41, 5.74) is 3.32. The molecule has 128 valence electrons. The molecule has 0 unspecified atom stereocenters. The van der Waals surface area contributed by atoms with Crippen LogP contribution in [0, 0.1) is 12.8 Å². The number of nitrogens with zero attached hydrogens (tertiary/aromatic N) is 1. The minimum Gasteiger partial charge on any atom is -0.372 e. The molecular weight excluding hydrogens is 284 g/mol. The van der Waals surface area contributed by atoms with E-state index in [4.69, 9.17) is 0 Å². The molecule has 1 N–H and O–H groups in total. The zero-order valence-corrected chi connectivity index (χ0v) is 15.0. The average Bonchev–Trinajstić information content (AvgIpc) is 2.57. The van der Waals surface area contributed by atoms with Crippen molar-refractivity contribution in [3.63, 3.8) is 0 Å². The third-order valence-electron chi connectivity index (χ3n) is 5.12. The van der Waals surface area contributed by atoms with Crippen LogP contribution in [0.3, 0.4) is 0 Å². The van der Waals surface area contributed by atoms with Gasteiger partial charge < -0.3 is 10.2 Å². The van der Waals surface area contributed by atoms with Gasteiger partial charge in [-0.2, -0.15) is 0 Å². The van der Waals surface area contributed by atoms with Crippen molar-refractivity contribution in [2.75, 3.05) is 23.3 Å². The molecule has 0 spiro atoms. The van der Waals surface area contributed by atoms with Crippen LogP contribution in [-0.2, 0) is 4.79 Å². The molecule has 0 aromatic heterocycles. The van der Waals surface area contributed by atoms with Crippen LogP contribution in [0.15, 0.2) is 18.2 Å². The molecule has 1 amide bonds. The van der Waals surface area contributed by atoms with E-state index in [2.05, 4.69) is 43.1 Å². The lowest BCUT2D eigenvalue weighted by Crippen LogP contribution is -2.22. The fraction of sp³-hybridized carbons (Fsp3) is 0.650. The molecule has 0 bridgehead atoms. The molecule has 0 aliphatic heterocycles. The Morgan fingerprint density at radius 1 is 1.17 bits per heavy atom. The van der Waals surface area contributed by atoms with E-state index < -0.39 is 0 Å². The van der Waals surface area contributed by atoms with Crippen molar-refractivity contribution in [1.82, 2.24) is 0 Å². The molecule has 1 aliphatic carbocycles. The van der Waals surface area contributed by atoms with E-state index in [-0.39, 0.29) is 5.91 Å². The lowest BCUT2D eigenvalue weighted by molar-refractivity contribution is -0.116. The fourth-order valence-electron chi connectivity index (χ4n) is 3.60. The third-order valence-corrected chi connectivity index (χ3v) is 5.12. The molecule has 1 aliphatic rings. The first-order valence-corrected chi connectivity index (χ1v) is 9.29. The summed E-state index contributed by atoms with van der Waals surface area (Å²) in [4.78, 5) is 14.5. The molecule has 1 saturated carbocycles. The molecule has 0 atom stereocenters. The van der Waals surface area contributed by atoms with Gasteiger partial charge in [-0.05, 0) is 56.9 Å². The number of benzene rings is 1. The number of carbonyl (C=O) groups excluding carboxylic acids is 1. The molecule has 1 fully saturated rings. The summed E-state index contributed by atoms with van der Waals surface area (Å²) in [5, 5.41) is 3.09. The van der Waals surface area contributed by atoms with Crippen molar-refractivity contribution < 1.29 is 4.79 Å². The van der Waals surface area contributed by atoms with E-state index in [0.29, 0.717) is 6.42 Å². The maximum Gasteiger partial charge on any atom is 0.224 e. The maximum absolute atomic E-state index is 12.2. The minimum absolute atomic E-state index is 0.161. The molecule has 1 aromatic rings. The summed E-state index contributed by atoms with van der Waals surface area (Å²) in [6.07, 6.45) is 8.39. The van der Waals surface area contributed by atoms with Gasteiger partial charge in [-0.15, -0.1) is 0 Å². The van der Waals surface area contributed by atoms with E-state index >= 15 is 0 Å². The Kier molecular flexibility index (Phi) is 6.94. The summed E-state index contributed by atoms with van der Waals surface area (Å²) < 4.78 is 0. The van der Waals surface area contributed by atoms with Gasteiger partial charge in [-0.3, -0.25) is 4.79 Å². The van der Waals surface area contributed by atoms with Gasteiger partial charge in [0.15, 0.2) is 0 Å². The van der Waals surface area contributed by atoms with Crippen molar-refractivity contribution in [3.05, 3.63) is 23.8 Å². The van der Waals surface area contributed by atoms with Crippen LogP contribution in [0.4, 0.5) is 11.4 Å². The van der Waals surface area contributed by atoms with Gasteiger partial charge in [-0.25, -0.2) is 0 Å². The van der Waals surface area contributed by atoms with Crippen LogP contribution in [-0.4, -0.2) is 19.0 Å². The summed E-state index contributed by atoms with van der Waals surface area (Å²) in [6, 6.07) is 6.32. The summed E-state index contributed by atoms with van der Waals surface area (Å²) in [6.45, 7) is 8.41. The van der Waals surface area contributed by atoms with Crippen LogP contribution in [0.25, 0.3) is 0 Å². The van der Waals surface area contributed by atoms with E-state index in [9.17, 15) is 4.79 Å². The van der Waals surface area contributed by atoms with Crippen molar-refractivity contribution in [2.45, 2.75) is 65.7 Å². The van der Waals surface area contributed by atoms with Gasteiger partial charge in [0.1, 0.15) is 0 Å². The molecule has 2 rings (SSSR count). The van der Waals surface area contributed by atoms with E-state index in [1.807, 2.05) is 6.07 Å². The van der Waals surface area contributed by atoms with Crippen LogP contribution in [0.2, 0.25) is 0 Å². The van der Waals surface area contributed by atoms with Crippen molar-refractivity contribution in [1.29, 1.82) is 0 Å². The standard InChI is InChI=1S/C20H32N2O/c1-4-22(5-2)18-12-13-19(16(3)15-18)21-20(23)14-11-17-9-7-6-8-10-17/h12-13,15,17H,4-11,14H2,1-3H3,(H,21,23). The highest BCUT2D eigenvalue weighted by atomic mass is 16.1. The second kappa shape index (κ2) is 8.95. The van der Waals surface area contributed by atoms with Gasteiger partial charge in [0, 0.05) is 30.9 Å². The maximum atomic E-state index is 12.2. The normalized spacial score (nSPS) is 15.4. The van der Waals surface area contributed by atoms with E-state index in [1.54, 1.807) is 0 Å². The Balaban J connectivity index is 1.87. The zero-order valence-electron chi connectivity index (χ0n) is 15.0. The third kappa shape index (κ3) is 5.26. The average molecular weight is 316 g/mol. The molecular formula is C20H32N2O. The number of hydrogen-bond acceptors (Lipinski definition) is 2. The molecule has 3 nitrogen and oxygen atoms in total. The summed E-state index contributed by atoms with van der Waals surface area (Å²) in [5.74, 6) is 0.926. The highest BCUT2D eigenvalue weighted by molar-refractivity contribution is 5.91. The predicted octanol–water partition coefficient (Wildman–Crippen LogP) is 5.14. The molecule has 1 aromatic carbocycles. The Labute approximate surface area is 141 Å². The quantitative estimate of drug-likeness (QED) is 0.755. The number of nitrogens with one attached hydrogen (secondary N) is 1. The smallest absolute Gasteiger partial charge is 0.224 e. The van der Waals surface area contributed by atoms with Crippen LogP contribution >= 0.6 is 0 Å². The van der Waals surface area contributed by atoms with Crippen LogP contribution < -0.4 is 10.2 Å². The summed E-state index contributed by atoms with van der Waals surface area (Å²) >= 11 is 0. The Morgan fingerprint density at radius 2 is 1.87 bits per heavy atom. The highest BCUT2D eigenvalue weighted by Crippen LogP contribution is 2.28. The van der Waals surface area contributed by atoms with Crippen molar-refractivity contribution >= 4 is 17.3 Å². The number of aryl methyl sites for hydroxylation is 1. The SMILES string of the molecule is CCN(CC)c1ccc(NC(=O)CCC2CCCCC2)c(C)c1. The number of anilines is 2. The Bertz CT molecular complexity index is 502. The highest BCUT2D eigenvalue weighted by Gasteiger charge is 2.15. The minimum atomic E-state index is 0.161. The molecule has 0 radical (unpaired) electrons. The predicted molar refractivity (Wildman–Crippen MR) is 99.2 cm³/mol. The van der Waals surface area contributed by atoms with Gasteiger partial charge in [0.25, 0.3) is 0 Å².